The Bertz CT molecular complexity index is 983. The predicted molar refractivity (Wildman–Crippen MR) is 102 cm³/mol. The van der Waals surface area contributed by atoms with Crippen molar-refractivity contribution in [2.24, 2.45) is 5.10 Å². The summed E-state index contributed by atoms with van der Waals surface area (Å²) in [6, 6.07) is 14.0. The lowest BCUT2D eigenvalue weighted by atomic mass is 10.2. The second kappa shape index (κ2) is 8.18. The van der Waals surface area contributed by atoms with E-state index in [9.17, 15) is 9.90 Å². The van der Waals surface area contributed by atoms with Crippen LogP contribution in [0.3, 0.4) is 0 Å². The molecular weight excluding hydrogens is 346 g/mol. The Morgan fingerprint density at radius 1 is 1.26 bits per heavy atom. The van der Waals surface area contributed by atoms with Gasteiger partial charge in [0.1, 0.15) is 22.8 Å². The predicted octanol–water partition coefficient (Wildman–Crippen LogP) is 2.87. The van der Waals surface area contributed by atoms with Crippen LogP contribution in [-0.4, -0.2) is 35.4 Å². The summed E-state index contributed by atoms with van der Waals surface area (Å²) in [6.07, 6.45) is 2.22. The van der Waals surface area contributed by atoms with Crippen molar-refractivity contribution in [1.82, 2.24) is 10.4 Å². The molecule has 3 aromatic rings. The number of aromatic hydroxyl groups is 1. The molecule has 0 radical (unpaired) electrons. The summed E-state index contributed by atoms with van der Waals surface area (Å²) in [4.78, 5) is 16.5. The van der Waals surface area contributed by atoms with Gasteiger partial charge in [-0.25, -0.2) is 5.43 Å². The number of para-hydroxylation sites is 1. The molecule has 0 bridgehead atoms. The molecule has 3 rings (SSSR count). The van der Waals surface area contributed by atoms with Crippen LogP contribution >= 0.6 is 0 Å². The summed E-state index contributed by atoms with van der Waals surface area (Å²) in [5.41, 5.74) is 3.50. The molecule has 0 saturated carbocycles. The number of ether oxygens (including phenoxy) is 2. The number of benzene rings is 2. The fourth-order valence-electron chi connectivity index (χ4n) is 2.43. The Hall–Kier alpha value is -3.61. The highest BCUT2D eigenvalue weighted by atomic mass is 16.5. The number of fused-ring (bicyclic) bond motifs is 1. The number of hydrogen-bond donors (Lipinski definition) is 2. The minimum atomic E-state index is -0.784. The van der Waals surface area contributed by atoms with Gasteiger partial charge >= 0.3 is 0 Å². The van der Waals surface area contributed by atoms with Crippen LogP contribution in [0.4, 0.5) is 0 Å². The van der Waals surface area contributed by atoms with Crippen LogP contribution in [0.1, 0.15) is 12.5 Å². The van der Waals surface area contributed by atoms with Crippen LogP contribution in [0.5, 0.6) is 17.2 Å². The Morgan fingerprint density at radius 3 is 2.89 bits per heavy atom. The highest BCUT2D eigenvalue weighted by Crippen LogP contribution is 2.24. The van der Waals surface area contributed by atoms with Crippen LogP contribution in [0, 0.1) is 0 Å². The first-order valence-corrected chi connectivity index (χ1v) is 8.29. The lowest BCUT2D eigenvalue weighted by molar-refractivity contribution is -0.127. The lowest BCUT2D eigenvalue weighted by Gasteiger charge is -2.14. The summed E-state index contributed by atoms with van der Waals surface area (Å²) in [6.45, 7) is 1.62. The molecule has 0 aliphatic rings. The van der Waals surface area contributed by atoms with E-state index in [0.29, 0.717) is 22.6 Å². The summed E-state index contributed by atoms with van der Waals surface area (Å²) in [5.74, 6) is 0.687. The summed E-state index contributed by atoms with van der Waals surface area (Å²) >= 11 is 0. The fourth-order valence-corrected chi connectivity index (χ4v) is 2.43. The van der Waals surface area contributed by atoms with E-state index in [4.69, 9.17) is 9.47 Å². The number of carbonyl (C=O) groups excluding carboxylic acids is 1. The zero-order valence-corrected chi connectivity index (χ0v) is 14.9. The molecule has 1 unspecified atom stereocenters. The van der Waals surface area contributed by atoms with Gasteiger partial charge in [-0.2, -0.15) is 5.10 Å². The summed E-state index contributed by atoms with van der Waals surface area (Å²) in [5, 5.41) is 14.6. The van der Waals surface area contributed by atoms with E-state index < -0.39 is 12.0 Å². The van der Waals surface area contributed by atoms with Crippen LogP contribution in [-0.2, 0) is 4.79 Å². The number of amides is 1. The Kier molecular flexibility index (Phi) is 5.51. The molecular formula is C20H19N3O4. The minimum absolute atomic E-state index is 0.0277. The zero-order valence-electron chi connectivity index (χ0n) is 14.9. The molecule has 0 fully saturated rings. The number of rotatable bonds is 6. The van der Waals surface area contributed by atoms with Crippen LogP contribution in [0.2, 0.25) is 0 Å². The average Bonchev–Trinajstić information content (AvgIpc) is 2.69. The number of nitrogens with zero attached hydrogens (tertiary/aromatic N) is 2. The number of phenolic OH excluding ortho intramolecular Hbond substituents is 1. The van der Waals surface area contributed by atoms with E-state index in [1.165, 1.54) is 19.4 Å². The first kappa shape index (κ1) is 18.2. The van der Waals surface area contributed by atoms with E-state index in [1.807, 2.05) is 24.3 Å². The third-order valence-corrected chi connectivity index (χ3v) is 3.88. The first-order valence-electron chi connectivity index (χ1n) is 8.29. The molecule has 2 aromatic carbocycles. The van der Waals surface area contributed by atoms with Gasteiger partial charge in [-0.3, -0.25) is 9.78 Å². The van der Waals surface area contributed by atoms with Crippen molar-refractivity contribution in [2.75, 3.05) is 7.11 Å². The fraction of sp³-hybridized carbons (Fsp3) is 0.150. The molecule has 1 heterocycles. The SMILES string of the molecule is COc1ccc(O)c(C=NNC(=O)C(C)Oc2cccc3cccnc23)c1. The van der Waals surface area contributed by atoms with E-state index >= 15 is 0 Å². The summed E-state index contributed by atoms with van der Waals surface area (Å²) < 4.78 is 10.8. The Balaban J connectivity index is 1.66. The summed E-state index contributed by atoms with van der Waals surface area (Å²) in [7, 11) is 1.52. The quantitative estimate of drug-likeness (QED) is 0.518. The molecule has 138 valence electrons. The van der Waals surface area contributed by atoms with Gasteiger partial charge in [-0.1, -0.05) is 18.2 Å². The second-order valence-electron chi connectivity index (χ2n) is 5.75. The maximum absolute atomic E-state index is 12.2. The van der Waals surface area contributed by atoms with Crippen molar-refractivity contribution in [1.29, 1.82) is 0 Å². The highest BCUT2D eigenvalue weighted by Gasteiger charge is 2.15. The number of aromatic nitrogens is 1. The number of hydrogen-bond acceptors (Lipinski definition) is 6. The van der Waals surface area contributed by atoms with E-state index in [2.05, 4.69) is 15.5 Å². The maximum Gasteiger partial charge on any atom is 0.280 e. The molecule has 0 spiro atoms. The number of nitrogens with one attached hydrogen (secondary N) is 1. The van der Waals surface area contributed by atoms with Crippen molar-refractivity contribution < 1.29 is 19.4 Å². The third-order valence-electron chi connectivity index (χ3n) is 3.88. The van der Waals surface area contributed by atoms with Crippen molar-refractivity contribution >= 4 is 23.0 Å². The van der Waals surface area contributed by atoms with Gasteiger partial charge in [0.25, 0.3) is 5.91 Å². The van der Waals surface area contributed by atoms with E-state index in [0.717, 1.165) is 5.39 Å². The number of carbonyl (C=O) groups is 1. The standard InChI is InChI=1S/C20H19N3O4/c1-13(27-18-7-3-5-14-6-4-10-21-19(14)18)20(25)23-22-12-15-11-16(26-2)8-9-17(15)24/h3-13,24H,1-2H3,(H,23,25). The molecule has 1 aromatic heterocycles. The van der Waals surface area contributed by atoms with Gasteiger partial charge in [0.2, 0.25) is 0 Å². The molecule has 2 N–H and O–H groups in total. The molecule has 27 heavy (non-hydrogen) atoms. The van der Waals surface area contributed by atoms with E-state index in [-0.39, 0.29) is 5.75 Å². The number of pyridine rings is 1. The molecule has 1 atom stereocenters. The average molecular weight is 365 g/mol. The number of phenols is 1. The largest absolute Gasteiger partial charge is 0.507 e. The van der Waals surface area contributed by atoms with Crippen molar-refractivity contribution in [2.45, 2.75) is 13.0 Å². The van der Waals surface area contributed by atoms with Gasteiger partial charge in [-0.15, -0.1) is 0 Å². The molecule has 0 aliphatic carbocycles. The van der Waals surface area contributed by atoms with Gasteiger partial charge in [0, 0.05) is 17.1 Å². The van der Waals surface area contributed by atoms with Gasteiger partial charge in [-0.05, 0) is 37.3 Å². The van der Waals surface area contributed by atoms with E-state index in [1.54, 1.807) is 31.3 Å². The van der Waals surface area contributed by atoms with Crippen LogP contribution in [0.25, 0.3) is 10.9 Å². The smallest absolute Gasteiger partial charge is 0.280 e. The van der Waals surface area contributed by atoms with Gasteiger partial charge in [0.15, 0.2) is 6.10 Å². The number of methoxy groups -OCH3 is 1. The van der Waals surface area contributed by atoms with Crippen molar-refractivity contribution in [3.8, 4) is 17.2 Å². The molecule has 0 aliphatic heterocycles. The lowest BCUT2D eigenvalue weighted by Crippen LogP contribution is -2.33. The Labute approximate surface area is 156 Å². The maximum atomic E-state index is 12.2. The van der Waals surface area contributed by atoms with Crippen molar-refractivity contribution in [3.63, 3.8) is 0 Å². The zero-order chi connectivity index (χ0) is 19.2. The molecule has 7 heteroatoms. The van der Waals surface area contributed by atoms with Crippen LogP contribution in [0.15, 0.2) is 59.8 Å². The molecule has 1 amide bonds. The molecule has 7 nitrogen and oxygen atoms in total. The second-order valence-corrected chi connectivity index (χ2v) is 5.75. The molecule has 0 saturated heterocycles. The Morgan fingerprint density at radius 2 is 2.07 bits per heavy atom. The minimum Gasteiger partial charge on any atom is -0.507 e. The monoisotopic (exact) mass is 365 g/mol. The normalized spacial score (nSPS) is 12.1. The van der Waals surface area contributed by atoms with Crippen molar-refractivity contribution in [3.05, 3.63) is 60.3 Å². The van der Waals surface area contributed by atoms with Gasteiger partial charge in [0.05, 0.1) is 13.3 Å². The van der Waals surface area contributed by atoms with Gasteiger partial charge < -0.3 is 14.6 Å². The first-order chi connectivity index (χ1) is 13.1. The topological polar surface area (TPSA) is 93.0 Å². The highest BCUT2D eigenvalue weighted by molar-refractivity contribution is 5.87. The van der Waals surface area contributed by atoms with Crippen LogP contribution < -0.4 is 14.9 Å². The third kappa shape index (κ3) is 4.33. The number of hydrazone groups is 1.